The second-order valence-corrected chi connectivity index (χ2v) is 12.1. The molecule has 2 aromatic rings. The number of benzene rings is 1. The normalized spacial score (nSPS) is 24.9. The van der Waals surface area contributed by atoms with Crippen molar-refractivity contribution in [1.29, 1.82) is 0 Å². The summed E-state index contributed by atoms with van der Waals surface area (Å²) in [5, 5.41) is 25.7. The monoisotopic (exact) mass is 637 g/mol. The van der Waals surface area contributed by atoms with E-state index < -0.39 is 53.9 Å². The number of ether oxygens (including phenoxy) is 1. The number of aromatic nitrogens is 1. The van der Waals surface area contributed by atoms with Crippen LogP contribution in [0.3, 0.4) is 0 Å². The summed E-state index contributed by atoms with van der Waals surface area (Å²) < 4.78 is 51.2. The average Bonchev–Trinajstić information content (AvgIpc) is 3.69. The number of nitrogens with zero attached hydrogens (tertiary/aromatic N) is 4. The van der Waals surface area contributed by atoms with Crippen molar-refractivity contribution in [2.75, 3.05) is 32.8 Å². The Morgan fingerprint density at radius 1 is 1.34 bits per heavy atom. The second kappa shape index (κ2) is 12.6. The molecule has 0 amide bonds. The number of halogens is 3. The van der Waals surface area contributed by atoms with E-state index in [1.165, 1.54) is 33.4 Å². The van der Waals surface area contributed by atoms with E-state index in [1.54, 1.807) is 31.5 Å². The molecule has 2 saturated heterocycles. The predicted molar refractivity (Wildman–Crippen MR) is 154 cm³/mol. The van der Waals surface area contributed by atoms with Gasteiger partial charge in [0.2, 0.25) is 0 Å². The van der Waals surface area contributed by atoms with E-state index in [0.717, 1.165) is 6.92 Å². The molecule has 4 heterocycles. The minimum atomic E-state index is -3.21. The summed E-state index contributed by atoms with van der Waals surface area (Å²) in [6.07, 6.45) is 1.55. The Kier molecular flexibility index (Phi) is 9.14. The standard InChI is InChI=1S/C29H34F3N5O6S/c1-4-42-26(38)21-19(34-24(25-33-10-12-44-25)35-22(21)17-7-5-8-18(30)16(17)2)13-36-15-29(31,32)23-20(36)14-43-37(23)11-6-9-28(3,41)27(39)40/h5,7-8,10,12,20,22-23,41H,4,6,9,11,13-15H2,1-3H3,(H,34,35)(H,39,40)/t20-,22-,23+,28-/m0/s1. The molecule has 0 spiro atoms. The SMILES string of the molecule is CCOC(=O)C1=C(CN2CC(F)(F)[C@H]3[C@@H]2CON3CCC[C@](C)(O)C(=O)O)NC(c2nccs2)=N[C@H]1c1cccc(F)c1C. The molecule has 1 aromatic heterocycles. The van der Waals surface area contributed by atoms with Gasteiger partial charge in [0.15, 0.2) is 16.4 Å². The smallest absolute Gasteiger partial charge is 0.338 e. The van der Waals surface area contributed by atoms with E-state index in [1.807, 2.05) is 0 Å². The first-order valence-corrected chi connectivity index (χ1v) is 15.1. The fourth-order valence-electron chi connectivity index (χ4n) is 5.84. The summed E-state index contributed by atoms with van der Waals surface area (Å²) in [7, 11) is 0. The lowest BCUT2D eigenvalue weighted by atomic mass is 9.92. The van der Waals surface area contributed by atoms with E-state index in [2.05, 4.69) is 10.3 Å². The van der Waals surface area contributed by atoms with Crippen molar-refractivity contribution in [2.24, 2.45) is 4.99 Å². The third kappa shape index (κ3) is 6.24. The van der Waals surface area contributed by atoms with Crippen LogP contribution in [0.1, 0.15) is 48.9 Å². The predicted octanol–water partition coefficient (Wildman–Crippen LogP) is 3.05. The van der Waals surface area contributed by atoms with Gasteiger partial charge in [0.05, 0.1) is 31.4 Å². The number of hydrogen-bond acceptors (Lipinski definition) is 11. The highest BCUT2D eigenvalue weighted by molar-refractivity contribution is 7.11. The molecule has 0 saturated carbocycles. The highest BCUT2D eigenvalue weighted by Crippen LogP contribution is 2.42. The number of carboxylic acids is 1. The molecule has 0 unspecified atom stereocenters. The Labute approximate surface area is 255 Å². The molecule has 5 rings (SSSR count). The number of aliphatic hydroxyl groups is 1. The quantitative estimate of drug-likeness (QED) is 0.316. The number of likely N-dealkylation sites (tertiary alicyclic amines) is 1. The summed E-state index contributed by atoms with van der Waals surface area (Å²) in [6.45, 7) is 3.62. The molecule has 238 valence electrons. The van der Waals surface area contributed by atoms with Gasteiger partial charge >= 0.3 is 11.9 Å². The van der Waals surface area contributed by atoms with Gasteiger partial charge < -0.3 is 20.3 Å². The molecule has 4 atom stereocenters. The minimum Gasteiger partial charge on any atom is -0.479 e. The largest absolute Gasteiger partial charge is 0.479 e. The van der Waals surface area contributed by atoms with Crippen molar-refractivity contribution in [3.8, 4) is 0 Å². The van der Waals surface area contributed by atoms with Gasteiger partial charge in [-0.25, -0.2) is 27.7 Å². The van der Waals surface area contributed by atoms with Gasteiger partial charge in [-0.3, -0.25) is 14.7 Å². The van der Waals surface area contributed by atoms with E-state index in [0.29, 0.717) is 16.4 Å². The highest BCUT2D eigenvalue weighted by Gasteiger charge is 2.60. The molecule has 0 aliphatic carbocycles. The number of carboxylic acid groups (broad SMARTS) is 1. The first-order valence-electron chi connectivity index (χ1n) is 14.2. The molecule has 15 heteroatoms. The van der Waals surface area contributed by atoms with Crippen LogP contribution in [0.25, 0.3) is 0 Å². The van der Waals surface area contributed by atoms with Crippen molar-refractivity contribution in [3.63, 3.8) is 0 Å². The van der Waals surface area contributed by atoms with Gasteiger partial charge in [-0.1, -0.05) is 12.1 Å². The van der Waals surface area contributed by atoms with Gasteiger partial charge in [-0.15, -0.1) is 11.3 Å². The Hall–Kier alpha value is -3.37. The number of aliphatic carboxylic acids is 1. The number of carbonyl (C=O) groups is 2. The van der Waals surface area contributed by atoms with E-state index >= 15 is 8.78 Å². The summed E-state index contributed by atoms with van der Waals surface area (Å²) in [4.78, 5) is 40.9. The maximum absolute atomic E-state index is 15.6. The van der Waals surface area contributed by atoms with Crippen LogP contribution in [0.15, 0.2) is 46.0 Å². The molecule has 3 N–H and O–H groups in total. The van der Waals surface area contributed by atoms with Crippen LogP contribution in [-0.2, 0) is 19.2 Å². The highest BCUT2D eigenvalue weighted by atomic mass is 32.1. The summed E-state index contributed by atoms with van der Waals surface area (Å²) >= 11 is 1.29. The van der Waals surface area contributed by atoms with Crippen LogP contribution < -0.4 is 5.32 Å². The lowest BCUT2D eigenvalue weighted by molar-refractivity contribution is -0.184. The minimum absolute atomic E-state index is 0.00910. The number of hydrogen-bond donors (Lipinski definition) is 3. The number of carbonyl (C=O) groups excluding carboxylic acids is 1. The number of fused-ring (bicyclic) bond motifs is 1. The fourth-order valence-corrected chi connectivity index (χ4v) is 6.43. The number of aliphatic imine (C=N–C) groups is 1. The van der Waals surface area contributed by atoms with Crippen LogP contribution >= 0.6 is 11.3 Å². The van der Waals surface area contributed by atoms with Gasteiger partial charge in [0.25, 0.3) is 5.92 Å². The Morgan fingerprint density at radius 3 is 2.80 bits per heavy atom. The number of rotatable bonds is 11. The molecule has 11 nitrogen and oxygen atoms in total. The van der Waals surface area contributed by atoms with E-state index in [4.69, 9.17) is 19.7 Å². The van der Waals surface area contributed by atoms with Crippen LogP contribution in [0, 0.1) is 12.7 Å². The van der Waals surface area contributed by atoms with Crippen LogP contribution in [-0.4, -0.2) is 99.4 Å². The van der Waals surface area contributed by atoms with Gasteiger partial charge in [-0.05, 0) is 50.8 Å². The molecule has 3 aliphatic rings. The topological polar surface area (TPSA) is 137 Å². The average molecular weight is 638 g/mol. The van der Waals surface area contributed by atoms with Gasteiger partial charge in [-0.2, -0.15) is 5.06 Å². The third-order valence-corrected chi connectivity index (χ3v) is 8.91. The van der Waals surface area contributed by atoms with Crippen molar-refractivity contribution >= 4 is 29.1 Å². The summed E-state index contributed by atoms with van der Waals surface area (Å²) in [5.41, 5.74) is -0.904. The van der Waals surface area contributed by atoms with Crippen molar-refractivity contribution in [3.05, 3.63) is 63.0 Å². The lowest BCUT2D eigenvalue weighted by Gasteiger charge is -2.31. The molecular formula is C29H34F3N5O6S. The van der Waals surface area contributed by atoms with E-state index in [-0.39, 0.29) is 56.0 Å². The van der Waals surface area contributed by atoms with Crippen molar-refractivity contribution < 1.29 is 42.5 Å². The zero-order chi connectivity index (χ0) is 31.8. The molecular weight excluding hydrogens is 603 g/mol. The van der Waals surface area contributed by atoms with Crippen LogP contribution in [0.2, 0.25) is 0 Å². The number of alkyl halides is 2. The zero-order valence-electron chi connectivity index (χ0n) is 24.4. The second-order valence-electron chi connectivity index (χ2n) is 11.2. The summed E-state index contributed by atoms with van der Waals surface area (Å²) in [5.74, 6) is -5.47. The fraction of sp³-hybridized carbons (Fsp3) is 0.517. The number of nitrogens with one attached hydrogen (secondary N) is 1. The first kappa shape index (κ1) is 32.0. The Bertz CT molecular complexity index is 1470. The zero-order valence-corrected chi connectivity index (χ0v) is 25.2. The molecule has 3 aliphatic heterocycles. The maximum Gasteiger partial charge on any atom is 0.338 e. The number of thiazole rings is 1. The van der Waals surface area contributed by atoms with Crippen molar-refractivity contribution in [2.45, 2.75) is 63.3 Å². The number of hydroxylamine groups is 2. The maximum atomic E-state index is 15.6. The van der Waals surface area contributed by atoms with Gasteiger partial charge in [0.1, 0.15) is 17.9 Å². The third-order valence-electron chi connectivity index (χ3n) is 8.13. The number of amidine groups is 1. The first-order chi connectivity index (χ1) is 20.8. The molecule has 0 bridgehead atoms. The molecule has 2 fully saturated rings. The molecule has 1 aromatic carbocycles. The Morgan fingerprint density at radius 2 is 2.11 bits per heavy atom. The number of esters is 1. The Balaban J connectivity index is 1.47. The van der Waals surface area contributed by atoms with Crippen LogP contribution in [0.5, 0.6) is 0 Å². The summed E-state index contributed by atoms with van der Waals surface area (Å²) in [6, 6.07) is 1.41. The molecule has 0 radical (unpaired) electrons. The lowest BCUT2D eigenvalue weighted by Crippen LogP contribution is -2.46. The molecule has 44 heavy (non-hydrogen) atoms. The van der Waals surface area contributed by atoms with E-state index in [9.17, 15) is 19.1 Å². The van der Waals surface area contributed by atoms with Crippen molar-refractivity contribution in [1.82, 2.24) is 20.3 Å². The van der Waals surface area contributed by atoms with Crippen LogP contribution in [0.4, 0.5) is 13.2 Å². The van der Waals surface area contributed by atoms with Gasteiger partial charge in [0, 0.05) is 30.4 Å².